The van der Waals surface area contributed by atoms with Crippen molar-refractivity contribution in [3.8, 4) is 0 Å². The molecule has 0 fully saturated rings. The number of imide groups is 1. The highest BCUT2D eigenvalue weighted by molar-refractivity contribution is 6.21. The summed E-state index contributed by atoms with van der Waals surface area (Å²) in [4.78, 5) is 27.8. The highest BCUT2D eigenvalue weighted by atomic mass is 16.3. The average molecular weight is 304 g/mol. The number of fused-ring (bicyclic) bond motifs is 1. The second-order valence-electron chi connectivity index (χ2n) is 6.30. The van der Waals surface area contributed by atoms with Gasteiger partial charge in [0.25, 0.3) is 11.8 Å². The summed E-state index contributed by atoms with van der Waals surface area (Å²) in [5, 5.41) is 10.3. The molecule has 1 aromatic rings. The second kappa shape index (κ2) is 6.58. The molecule has 1 aliphatic rings. The molecule has 0 aliphatic carbocycles. The average Bonchev–Trinajstić information content (AvgIpc) is 2.70. The zero-order valence-electron chi connectivity index (χ0n) is 13.6. The number of benzene rings is 1. The molecule has 0 saturated carbocycles. The van der Waals surface area contributed by atoms with E-state index in [9.17, 15) is 14.7 Å². The Morgan fingerprint density at radius 2 is 1.45 bits per heavy atom. The van der Waals surface area contributed by atoms with Gasteiger partial charge in [-0.1, -0.05) is 12.1 Å². The van der Waals surface area contributed by atoms with Crippen LogP contribution in [-0.2, 0) is 0 Å². The Morgan fingerprint density at radius 1 is 1.00 bits per heavy atom. The fraction of sp³-hybridized carbons (Fsp3) is 0.529. The maximum atomic E-state index is 12.3. The van der Waals surface area contributed by atoms with E-state index in [0.29, 0.717) is 17.7 Å². The standard InChI is InChI=1S/C17H24N2O3/c1-11(2)18(12(3)4)9-13(20)10-19-16(21)14-7-5-6-8-15(14)17(19)22/h5-8,11-13,20H,9-10H2,1-4H3. The number of carbonyl (C=O) groups is 2. The first-order valence-electron chi connectivity index (χ1n) is 7.72. The molecule has 5 nitrogen and oxygen atoms in total. The third-order valence-corrected chi connectivity index (χ3v) is 4.02. The molecule has 1 aromatic carbocycles. The number of carbonyl (C=O) groups excluding carboxylic acids is 2. The van der Waals surface area contributed by atoms with Crippen LogP contribution in [0.15, 0.2) is 24.3 Å². The van der Waals surface area contributed by atoms with E-state index in [1.165, 1.54) is 0 Å². The van der Waals surface area contributed by atoms with Gasteiger partial charge in [0, 0.05) is 18.6 Å². The van der Waals surface area contributed by atoms with E-state index < -0.39 is 6.10 Å². The van der Waals surface area contributed by atoms with Crippen molar-refractivity contribution in [1.82, 2.24) is 9.80 Å². The smallest absolute Gasteiger partial charge is 0.261 e. The Morgan fingerprint density at radius 3 is 1.86 bits per heavy atom. The lowest BCUT2D eigenvalue weighted by Crippen LogP contribution is -2.46. The number of amides is 2. The lowest BCUT2D eigenvalue weighted by atomic mass is 10.1. The van der Waals surface area contributed by atoms with Crippen molar-refractivity contribution in [3.05, 3.63) is 35.4 Å². The van der Waals surface area contributed by atoms with Gasteiger partial charge in [-0.25, -0.2) is 0 Å². The summed E-state index contributed by atoms with van der Waals surface area (Å²) in [6.45, 7) is 8.72. The summed E-state index contributed by atoms with van der Waals surface area (Å²) < 4.78 is 0. The molecule has 1 N–H and O–H groups in total. The van der Waals surface area contributed by atoms with Gasteiger partial charge in [-0.05, 0) is 39.8 Å². The molecule has 0 aromatic heterocycles. The lowest BCUT2D eigenvalue weighted by molar-refractivity contribution is 0.0391. The molecule has 0 radical (unpaired) electrons. The summed E-state index contributed by atoms with van der Waals surface area (Å²) in [5.74, 6) is -0.638. The normalized spacial score (nSPS) is 16.1. The van der Waals surface area contributed by atoms with Crippen LogP contribution in [0.1, 0.15) is 48.4 Å². The molecule has 5 heteroatoms. The molecular formula is C17H24N2O3. The van der Waals surface area contributed by atoms with Gasteiger partial charge in [0.1, 0.15) is 0 Å². The number of aliphatic hydroxyl groups excluding tert-OH is 1. The van der Waals surface area contributed by atoms with Crippen molar-refractivity contribution in [3.63, 3.8) is 0 Å². The minimum absolute atomic E-state index is 0.0300. The summed E-state index contributed by atoms with van der Waals surface area (Å²) in [5.41, 5.74) is 0.841. The zero-order valence-corrected chi connectivity index (χ0v) is 13.6. The minimum Gasteiger partial charge on any atom is -0.390 e. The van der Waals surface area contributed by atoms with E-state index in [-0.39, 0.29) is 30.4 Å². The molecule has 2 rings (SSSR count). The molecule has 1 aliphatic heterocycles. The first-order chi connectivity index (χ1) is 10.3. The van der Waals surface area contributed by atoms with E-state index in [0.717, 1.165) is 4.90 Å². The second-order valence-corrected chi connectivity index (χ2v) is 6.30. The molecule has 2 amide bonds. The third kappa shape index (κ3) is 3.20. The zero-order chi connectivity index (χ0) is 16.4. The predicted octanol–water partition coefficient (Wildman–Crippen LogP) is 1.76. The van der Waals surface area contributed by atoms with Crippen LogP contribution in [0, 0.1) is 0 Å². The first kappa shape index (κ1) is 16.6. The van der Waals surface area contributed by atoms with E-state index in [4.69, 9.17) is 0 Å². The molecule has 0 spiro atoms. The van der Waals surface area contributed by atoms with Crippen LogP contribution in [0.25, 0.3) is 0 Å². The number of hydrogen-bond donors (Lipinski definition) is 1. The Labute approximate surface area is 131 Å². The largest absolute Gasteiger partial charge is 0.390 e. The highest BCUT2D eigenvalue weighted by Gasteiger charge is 2.36. The monoisotopic (exact) mass is 304 g/mol. The van der Waals surface area contributed by atoms with Crippen LogP contribution in [-0.4, -0.2) is 58.0 Å². The van der Waals surface area contributed by atoms with Crippen molar-refractivity contribution >= 4 is 11.8 Å². The number of nitrogens with zero attached hydrogens (tertiary/aromatic N) is 2. The van der Waals surface area contributed by atoms with Gasteiger partial charge in [0.05, 0.1) is 23.8 Å². The fourth-order valence-electron chi connectivity index (χ4n) is 2.93. The molecule has 1 atom stereocenters. The van der Waals surface area contributed by atoms with Gasteiger partial charge in [-0.3, -0.25) is 19.4 Å². The summed E-state index contributed by atoms with van der Waals surface area (Å²) in [6.07, 6.45) is -0.757. The SMILES string of the molecule is CC(C)N(CC(O)CN1C(=O)c2ccccc2C1=O)C(C)C. The third-order valence-electron chi connectivity index (χ3n) is 4.02. The van der Waals surface area contributed by atoms with E-state index in [1.807, 2.05) is 0 Å². The van der Waals surface area contributed by atoms with Gasteiger partial charge in [0.15, 0.2) is 0 Å². The van der Waals surface area contributed by atoms with E-state index >= 15 is 0 Å². The van der Waals surface area contributed by atoms with Gasteiger partial charge in [-0.2, -0.15) is 0 Å². The Bertz CT molecular complexity index is 526. The highest BCUT2D eigenvalue weighted by Crippen LogP contribution is 2.22. The van der Waals surface area contributed by atoms with Crippen LogP contribution >= 0.6 is 0 Å². The van der Waals surface area contributed by atoms with Gasteiger partial charge in [-0.15, -0.1) is 0 Å². The molecule has 1 unspecified atom stereocenters. The quantitative estimate of drug-likeness (QED) is 0.814. The summed E-state index contributed by atoms with van der Waals surface area (Å²) in [7, 11) is 0. The summed E-state index contributed by atoms with van der Waals surface area (Å²) >= 11 is 0. The lowest BCUT2D eigenvalue weighted by Gasteiger charge is -2.33. The number of rotatable bonds is 6. The van der Waals surface area contributed by atoms with Gasteiger partial charge >= 0.3 is 0 Å². The fourth-order valence-corrected chi connectivity index (χ4v) is 2.93. The maximum absolute atomic E-state index is 12.3. The van der Waals surface area contributed by atoms with Crippen molar-refractivity contribution in [2.45, 2.75) is 45.9 Å². The van der Waals surface area contributed by atoms with Crippen molar-refractivity contribution in [1.29, 1.82) is 0 Å². The van der Waals surface area contributed by atoms with Crippen molar-refractivity contribution in [2.75, 3.05) is 13.1 Å². The molecule has 120 valence electrons. The van der Waals surface area contributed by atoms with Crippen LogP contribution < -0.4 is 0 Å². The van der Waals surface area contributed by atoms with E-state index in [1.54, 1.807) is 24.3 Å². The van der Waals surface area contributed by atoms with Crippen molar-refractivity contribution in [2.24, 2.45) is 0 Å². The minimum atomic E-state index is -0.757. The molecular weight excluding hydrogens is 280 g/mol. The van der Waals surface area contributed by atoms with Crippen molar-refractivity contribution < 1.29 is 14.7 Å². The first-order valence-corrected chi connectivity index (χ1v) is 7.72. The van der Waals surface area contributed by atoms with Crippen LogP contribution in [0.2, 0.25) is 0 Å². The Kier molecular flexibility index (Phi) is 4.98. The number of β-amino-alcohol motifs (C(OH)–C–C–N with tert-alkyl or cyclic N) is 1. The summed E-state index contributed by atoms with van der Waals surface area (Å²) in [6, 6.07) is 7.35. The molecule has 22 heavy (non-hydrogen) atoms. The van der Waals surface area contributed by atoms with Gasteiger partial charge < -0.3 is 5.11 Å². The van der Waals surface area contributed by atoms with Crippen LogP contribution in [0.5, 0.6) is 0 Å². The van der Waals surface area contributed by atoms with Crippen LogP contribution in [0.4, 0.5) is 0 Å². The molecule has 1 heterocycles. The molecule has 0 bridgehead atoms. The maximum Gasteiger partial charge on any atom is 0.261 e. The van der Waals surface area contributed by atoms with Gasteiger partial charge in [0.2, 0.25) is 0 Å². The number of hydrogen-bond acceptors (Lipinski definition) is 4. The predicted molar refractivity (Wildman–Crippen MR) is 84.8 cm³/mol. The van der Waals surface area contributed by atoms with Crippen LogP contribution in [0.3, 0.4) is 0 Å². The Balaban J connectivity index is 2.06. The van der Waals surface area contributed by atoms with E-state index in [2.05, 4.69) is 32.6 Å². The number of aliphatic hydroxyl groups is 1. The molecule has 0 saturated heterocycles. The Hall–Kier alpha value is -1.72. The topological polar surface area (TPSA) is 60.9 Å².